The molecule has 47 heavy (non-hydrogen) atoms. The van der Waals surface area contributed by atoms with Gasteiger partial charge in [-0.15, -0.1) is 0 Å². The zero-order valence-electron chi connectivity index (χ0n) is 24.0. The van der Waals surface area contributed by atoms with Gasteiger partial charge in [0.2, 0.25) is 5.95 Å². The summed E-state index contributed by atoms with van der Waals surface area (Å²) in [6, 6.07) is -1.60. The van der Waals surface area contributed by atoms with Gasteiger partial charge in [0.25, 0.3) is 5.56 Å². The summed E-state index contributed by atoms with van der Waals surface area (Å²) in [6.07, 6.45) is -0.658. The number of nitrogen functional groups attached to an aromatic ring is 2. The molecule has 250 valence electrons. The molecule has 4 saturated carbocycles. The number of aliphatic hydroxyl groups excluding tert-OH is 2. The lowest BCUT2D eigenvalue weighted by molar-refractivity contribution is -0.0321. The Morgan fingerprint density at radius 3 is 2.40 bits per heavy atom. The highest BCUT2D eigenvalue weighted by molar-refractivity contribution is 8.44. The number of nitrogens with one attached hydrogen (secondary N) is 1. The van der Waals surface area contributed by atoms with Crippen molar-refractivity contribution in [1.29, 1.82) is 0 Å². The number of aromatic amines is 1. The van der Waals surface area contributed by atoms with Gasteiger partial charge in [-0.2, -0.15) is 4.98 Å². The quantitative estimate of drug-likeness (QED) is 0.106. The average Bonchev–Trinajstić information content (AvgIpc) is 3.71. The molecule has 0 amide bonds. The Bertz CT molecular complexity index is 2150. The number of thiol groups is 1. The molecule has 1 aliphatic heterocycles. The van der Waals surface area contributed by atoms with E-state index in [0.717, 1.165) is 0 Å². The van der Waals surface area contributed by atoms with Gasteiger partial charge in [-0.25, -0.2) is 29.1 Å². The van der Waals surface area contributed by atoms with Gasteiger partial charge < -0.3 is 40.2 Å². The van der Waals surface area contributed by atoms with E-state index < -0.39 is 86.0 Å². The topological polar surface area (TPSA) is 291 Å². The van der Waals surface area contributed by atoms with Crippen LogP contribution in [0.1, 0.15) is 24.9 Å². The summed E-state index contributed by atoms with van der Waals surface area (Å²) in [6.45, 7) is -5.03. The van der Waals surface area contributed by atoms with Gasteiger partial charge in [-0.05, 0) is 24.7 Å². The van der Waals surface area contributed by atoms with Crippen LogP contribution in [-0.2, 0) is 27.2 Å². The molecule has 0 radical (unpaired) electrons. The van der Waals surface area contributed by atoms with Gasteiger partial charge >= 0.3 is 14.6 Å². The first-order valence-electron chi connectivity index (χ1n) is 14.6. The fraction of sp³-hybridized carbons (Fsp3) is 0.583. The summed E-state index contributed by atoms with van der Waals surface area (Å²) in [4.78, 5) is 46.7. The molecule has 2 bridgehead atoms. The van der Waals surface area contributed by atoms with Crippen molar-refractivity contribution in [2.75, 3.05) is 24.7 Å². The molecule has 1 saturated heterocycles. The van der Waals surface area contributed by atoms with Gasteiger partial charge in [0.1, 0.15) is 30.2 Å². The number of H-pyrrole nitrogens is 1. The van der Waals surface area contributed by atoms with Crippen LogP contribution in [0.15, 0.2) is 23.8 Å². The number of phosphoric ester groups is 1. The van der Waals surface area contributed by atoms with Gasteiger partial charge in [0.15, 0.2) is 22.6 Å². The molecule has 5 fully saturated rings. The molecular formula is C24H28N10O10P2S. The van der Waals surface area contributed by atoms with Crippen LogP contribution in [0.2, 0.25) is 0 Å². The first-order valence-corrected chi connectivity index (χ1v) is 18.8. The highest BCUT2D eigenvalue weighted by Crippen LogP contribution is 2.75. The van der Waals surface area contributed by atoms with E-state index in [1.807, 2.05) is 0 Å². The van der Waals surface area contributed by atoms with Crippen LogP contribution in [0.4, 0.5) is 11.8 Å². The number of nitrogens with two attached hydrogens (primary N) is 2. The standard InChI is InChI=1S/C24H28N10O10P2S/c25-18-10-19(28-5-27-18)33(6-29-10)12-8-2-24(8)4-41-45(38,39)43-15-13(34-7-30-11-20(34)31-22(26)32-21(11)37)9-1-23(9,16(15)36)3-42-46(40,47)44-17(24)14(12)35/h5-9,12-17,35-36H,1-4H2,(H,38,39)(H,40,47)(H2,25,27,28)(H3,26,31,32,37)/t8-,9-,12-,13-,14+,15+,16+,17+,23-,24?,46-/m1/s1. The molecule has 20 nitrogen and oxygen atoms in total. The van der Waals surface area contributed by atoms with Gasteiger partial charge in [-0.1, -0.05) is 12.2 Å². The predicted molar refractivity (Wildman–Crippen MR) is 162 cm³/mol. The van der Waals surface area contributed by atoms with Crippen LogP contribution in [0.5, 0.6) is 0 Å². The van der Waals surface area contributed by atoms with Gasteiger partial charge in [-0.3, -0.25) is 23.3 Å². The summed E-state index contributed by atoms with van der Waals surface area (Å²) in [5, 5.41) is 23.2. The van der Waals surface area contributed by atoms with Gasteiger partial charge in [0, 0.05) is 10.8 Å². The number of phosphoric acid groups is 1. The Hall–Kier alpha value is -2.97. The summed E-state index contributed by atoms with van der Waals surface area (Å²) >= 11 is 4.24. The van der Waals surface area contributed by atoms with E-state index in [4.69, 9.17) is 29.6 Å². The molecule has 2 spiro atoms. The van der Waals surface area contributed by atoms with Crippen molar-refractivity contribution < 1.29 is 42.3 Å². The van der Waals surface area contributed by atoms with Crippen LogP contribution in [0.25, 0.3) is 22.3 Å². The molecule has 4 aromatic rings. The predicted octanol–water partition coefficient (Wildman–Crippen LogP) is -0.0768. The molecule has 8 N–H and O–H groups in total. The van der Waals surface area contributed by atoms with E-state index in [1.54, 1.807) is 4.57 Å². The Morgan fingerprint density at radius 1 is 0.936 bits per heavy atom. The van der Waals surface area contributed by atoms with E-state index in [-0.39, 0.29) is 29.5 Å². The lowest BCUT2D eigenvalue weighted by Gasteiger charge is -2.30. The summed E-state index contributed by atoms with van der Waals surface area (Å²) < 4.78 is 53.5. The van der Waals surface area contributed by atoms with Crippen molar-refractivity contribution in [2.24, 2.45) is 22.7 Å². The number of aromatic nitrogens is 8. The summed E-state index contributed by atoms with van der Waals surface area (Å²) in [5.74, 6) is -0.921. The second-order valence-electron chi connectivity index (χ2n) is 12.9. The Kier molecular flexibility index (Phi) is 6.14. The molecule has 23 heteroatoms. The number of hydrogen-bond acceptors (Lipinski definition) is 16. The maximum absolute atomic E-state index is 13.8. The second kappa shape index (κ2) is 9.59. The molecular weight excluding hydrogens is 682 g/mol. The molecule has 4 aliphatic carbocycles. The minimum atomic E-state index is -4.94. The lowest BCUT2D eigenvalue weighted by Crippen LogP contribution is -2.38. The van der Waals surface area contributed by atoms with Crippen LogP contribution in [-0.4, -0.2) is 91.8 Å². The van der Waals surface area contributed by atoms with E-state index >= 15 is 0 Å². The normalized spacial score (nSPS) is 44.3. The SMILES string of the molecule is Nc1nc2c(ncn2[C@H]2[C@@H]3OP(=O)(O)OCC45C[C@@H]4[C@@H](n4cnc6c(N)ncnc64)[C@H](O)[C@@H]5O[P@](=O)(S)OC[C@@]4(C[C@H]24)[C@H]3O)c(=O)[nH]1. The maximum atomic E-state index is 13.8. The number of imidazole rings is 2. The Morgan fingerprint density at radius 2 is 1.62 bits per heavy atom. The van der Waals surface area contributed by atoms with Crippen molar-refractivity contribution in [1.82, 2.24) is 39.0 Å². The number of fused-ring (bicyclic) bond motifs is 3. The fourth-order valence-corrected chi connectivity index (χ4v) is 10.9. The third-order valence-corrected chi connectivity index (χ3v) is 13.2. The molecule has 4 aromatic heterocycles. The first kappa shape index (κ1) is 30.1. The number of nitrogens with zero attached hydrogens (tertiary/aromatic N) is 7. The van der Waals surface area contributed by atoms with E-state index in [2.05, 4.69) is 42.2 Å². The fourth-order valence-electron chi connectivity index (χ4n) is 8.30. The average molecular weight is 711 g/mol. The number of rotatable bonds is 2. The van der Waals surface area contributed by atoms with Crippen LogP contribution >= 0.6 is 26.9 Å². The zero-order valence-corrected chi connectivity index (χ0v) is 26.7. The van der Waals surface area contributed by atoms with Crippen LogP contribution in [0.3, 0.4) is 0 Å². The monoisotopic (exact) mass is 710 g/mol. The smallest absolute Gasteiger partial charge is 0.390 e. The van der Waals surface area contributed by atoms with E-state index in [1.165, 1.54) is 23.5 Å². The van der Waals surface area contributed by atoms with Gasteiger partial charge in [0.05, 0.1) is 44.1 Å². The minimum Gasteiger partial charge on any atom is -0.390 e. The highest BCUT2D eigenvalue weighted by Gasteiger charge is 2.76. The zero-order chi connectivity index (χ0) is 32.8. The van der Waals surface area contributed by atoms with Crippen molar-refractivity contribution in [3.05, 3.63) is 29.3 Å². The molecule has 9 rings (SSSR count). The van der Waals surface area contributed by atoms with Crippen LogP contribution in [0, 0.1) is 22.7 Å². The summed E-state index contributed by atoms with van der Waals surface area (Å²) in [7, 11) is -4.94. The second-order valence-corrected chi connectivity index (χ2v) is 17.2. The minimum absolute atomic E-state index is 0.0352. The largest absolute Gasteiger partial charge is 0.472 e. The molecule has 5 heterocycles. The Labute approximate surface area is 268 Å². The Balaban J connectivity index is 1.09. The number of aliphatic hydroxyl groups is 2. The number of anilines is 2. The van der Waals surface area contributed by atoms with Crippen molar-refractivity contribution in [3.8, 4) is 0 Å². The third kappa shape index (κ3) is 4.22. The highest BCUT2D eigenvalue weighted by atomic mass is 32.7. The van der Waals surface area contributed by atoms with Crippen molar-refractivity contribution in [3.63, 3.8) is 0 Å². The van der Waals surface area contributed by atoms with Crippen LogP contribution < -0.4 is 17.0 Å². The van der Waals surface area contributed by atoms with E-state index in [9.17, 15) is 29.0 Å². The number of hydrogen-bond donors (Lipinski definition) is 7. The molecule has 2 unspecified atom stereocenters. The molecule has 12 atom stereocenters. The van der Waals surface area contributed by atoms with E-state index in [0.29, 0.717) is 24.0 Å². The van der Waals surface area contributed by atoms with Crippen molar-refractivity contribution >= 4 is 61.0 Å². The van der Waals surface area contributed by atoms with Crippen molar-refractivity contribution in [2.45, 2.75) is 49.3 Å². The third-order valence-electron chi connectivity index (χ3n) is 10.6. The maximum Gasteiger partial charge on any atom is 0.472 e. The molecule has 0 aromatic carbocycles. The summed E-state index contributed by atoms with van der Waals surface area (Å²) in [5.41, 5.74) is 9.64. The molecule has 5 aliphatic rings. The lowest BCUT2D eigenvalue weighted by atomic mass is 10.0. The first-order chi connectivity index (χ1) is 22.3.